The van der Waals surface area contributed by atoms with Crippen LogP contribution in [0.5, 0.6) is 5.75 Å². The van der Waals surface area contributed by atoms with Crippen LogP contribution in [0.15, 0.2) is 88.8 Å². The van der Waals surface area contributed by atoms with Gasteiger partial charge in [-0.25, -0.2) is 17.6 Å². The molecule has 3 aromatic rings. The highest BCUT2D eigenvalue weighted by Crippen LogP contribution is 2.40. The molecule has 0 aliphatic carbocycles. The van der Waals surface area contributed by atoms with E-state index in [1.807, 2.05) is 30.3 Å². The van der Waals surface area contributed by atoms with Crippen molar-refractivity contribution in [2.24, 2.45) is 0 Å². The number of anilines is 2. The summed E-state index contributed by atoms with van der Waals surface area (Å²) < 4.78 is 50.0. The number of nitrogens with zero attached hydrogens (tertiary/aromatic N) is 1. The lowest BCUT2D eigenvalue weighted by molar-refractivity contribution is -0.135. The molecule has 0 atom stereocenters. The number of ether oxygens (including phenoxy) is 2. The highest BCUT2D eigenvalue weighted by Gasteiger charge is 2.36. The van der Waals surface area contributed by atoms with E-state index in [2.05, 4.69) is 4.74 Å². The summed E-state index contributed by atoms with van der Waals surface area (Å²) in [6, 6.07) is 19.8. The number of hydrogen-bond acceptors (Lipinski definition) is 6. The Morgan fingerprint density at radius 1 is 1.00 bits per heavy atom. The molecule has 0 amide bonds. The SMILES string of the molecule is COC(=O)C1=CN(c2ccc(OCc3ccccc3)cc2)c2cc(F)ccc2S1(=O)=O. The second-order valence-electron chi connectivity index (χ2n) is 6.74. The Balaban J connectivity index is 1.69. The van der Waals surface area contributed by atoms with E-state index in [4.69, 9.17) is 4.74 Å². The number of esters is 1. The standard InChI is InChI=1S/C23H18FNO5S/c1-29-23(26)22-14-25(20-13-17(24)7-12-21(20)31(22,27)28)18-8-10-19(11-9-18)30-15-16-5-3-2-4-6-16/h2-14H,15H2,1H3. The first-order valence-electron chi connectivity index (χ1n) is 9.31. The molecule has 31 heavy (non-hydrogen) atoms. The first-order chi connectivity index (χ1) is 14.9. The number of halogens is 1. The monoisotopic (exact) mass is 439 g/mol. The fraction of sp³-hybridized carbons (Fsp3) is 0.0870. The van der Waals surface area contributed by atoms with Crippen LogP contribution in [0.3, 0.4) is 0 Å². The Hall–Kier alpha value is -3.65. The number of fused-ring (bicyclic) bond motifs is 1. The average molecular weight is 439 g/mol. The Morgan fingerprint density at radius 2 is 1.71 bits per heavy atom. The second kappa shape index (κ2) is 8.23. The van der Waals surface area contributed by atoms with Gasteiger partial charge in [0.1, 0.15) is 18.2 Å². The summed E-state index contributed by atoms with van der Waals surface area (Å²) in [6.45, 7) is 0.391. The number of rotatable bonds is 5. The lowest BCUT2D eigenvalue weighted by Gasteiger charge is -2.28. The number of methoxy groups -OCH3 is 1. The first-order valence-corrected chi connectivity index (χ1v) is 10.8. The van der Waals surface area contributed by atoms with Crippen molar-refractivity contribution in [3.63, 3.8) is 0 Å². The van der Waals surface area contributed by atoms with E-state index in [0.29, 0.717) is 18.0 Å². The van der Waals surface area contributed by atoms with Gasteiger partial charge in [-0.1, -0.05) is 30.3 Å². The summed E-state index contributed by atoms with van der Waals surface area (Å²) in [5, 5.41) is 0. The topological polar surface area (TPSA) is 72.9 Å². The second-order valence-corrected chi connectivity index (χ2v) is 8.63. The Bertz CT molecular complexity index is 1250. The van der Waals surface area contributed by atoms with Gasteiger partial charge < -0.3 is 14.4 Å². The normalized spacial score (nSPS) is 14.4. The lowest BCUT2D eigenvalue weighted by atomic mass is 10.2. The molecule has 3 aromatic carbocycles. The zero-order valence-corrected chi connectivity index (χ0v) is 17.3. The van der Waals surface area contributed by atoms with Crippen molar-refractivity contribution in [2.75, 3.05) is 12.0 Å². The van der Waals surface area contributed by atoms with E-state index in [9.17, 15) is 17.6 Å². The lowest BCUT2D eigenvalue weighted by Crippen LogP contribution is -2.26. The largest absolute Gasteiger partial charge is 0.489 e. The van der Waals surface area contributed by atoms with Crippen LogP contribution in [0.25, 0.3) is 0 Å². The molecule has 0 bridgehead atoms. The predicted octanol–water partition coefficient (Wildman–Crippen LogP) is 4.34. The Morgan fingerprint density at radius 3 is 2.39 bits per heavy atom. The molecule has 0 fully saturated rings. The molecule has 0 radical (unpaired) electrons. The molecule has 1 aliphatic rings. The molecule has 8 heteroatoms. The molecule has 6 nitrogen and oxygen atoms in total. The van der Waals surface area contributed by atoms with Gasteiger partial charge in [-0.15, -0.1) is 0 Å². The number of carbonyl (C=O) groups excluding carboxylic acids is 1. The Kier molecular flexibility index (Phi) is 5.48. The van der Waals surface area contributed by atoms with Crippen LogP contribution < -0.4 is 9.64 Å². The minimum atomic E-state index is -4.15. The van der Waals surface area contributed by atoms with Gasteiger partial charge in [-0.2, -0.15) is 0 Å². The molecular weight excluding hydrogens is 421 g/mol. The third kappa shape index (κ3) is 4.02. The third-order valence-corrected chi connectivity index (χ3v) is 6.53. The van der Waals surface area contributed by atoms with Crippen molar-refractivity contribution >= 4 is 27.2 Å². The maximum absolute atomic E-state index is 13.9. The molecule has 0 aromatic heterocycles. The quantitative estimate of drug-likeness (QED) is 0.435. The van der Waals surface area contributed by atoms with Gasteiger partial charge in [0, 0.05) is 11.9 Å². The molecule has 0 spiro atoms. The zero-order valence-electron chi connectivity index (χ0n) is 16.5. The van der Waals surface area contributed by atoms with Gasteiger partial charge in [0.2, 0.25) is 9.84 Å². The molecule has 0 saturated heterocycles. The molecular formula is C23H18FNO5S. The van der Waals surface area contributed by atoms with Crippen LogP contribution >= 0.6 is 0 Å². The zero-order chi connectivity index (χ0) is 22.0. The first kappa shape index (κ1) is 20.6. The fourth-order valence-electron chi connectivity index (χ4n) is 3.20. The van der Waals surface area contributed by atoms with Crippen LogP contribution in [0, 0.1) is 5.82 Å². The van der Waals surface area contributed by atoms with Crippen molar-refractivity contribution in [2.45, 2.75) is 11.5 Å². The summed E-state index contributed by atoms with van der Waals surface area (Å²) >= 11 is 0. The number of carbonyl (C=O) groups is 1. The van der Waals surface area contributed by atoms with Gasteiger partial charge in [0.25, 0.3) is 0 Å². The van der Waals surface area contributed by atoms with Crippen LogP contribution in [-0.4, -0.2) is 21.5 Å². The number of hydrogen-bond donors (Lipinski definition) is 0. The third-order valence-electron chi connectivity index (χ3n) is 4.76. The number of benzene rings is 3. The van der Waals surface area contributed by atoms with Gasteiger partial charge in [0.05, 0.1) is 17.7 Å². The predicted molar refractivity (Wildman–Crippen MR) is 113 cm³/mol. The molecule has 0 unspecified atom stereocenters. The summed E-state index contributed by atoms with van der Waals surface area (Å²) in [4.78, 5) is 12.8. The molecule has 158 valence electrons. The maximum Gasteiger partial charge on any atom is 0.351 e. The van der Waals surface area contributed by atoms with Crippen molar-refractivity contribution in [1.29, 1.82) is 0 Å². The maximum atomic E-state index is 13.9. The summed E-state index contributed by atoms with van der Waals surface area (Å²) in [5.41, 5.74) is 1.64. The van der Waals surface area contributed by atoms with Crippen LogP contribution in [0.2, 0.25) is 0 Å². The van der Waals surface area contributed by atoms with E-state index in [0.717, 1.165) is 37.1 Å². The van der Waals surface area contributed by atoms with Gasteiger partial charge in [-0.3, -0.25) is 0 Å². The van der Waals surface area contributed by atoms with Gasteiger partial charge in [-0.05, 0) is 48.0 Å². The number of sulfone groups is 1. The molecule has 1 heterocycles. The van der Waals surface area contributed by atoms with Crippen LogP contribution in [-0.2, 0) is 26.0 Å². The van der Waals surface area contributed by atoms with Crippen molar-refractivity contribution < 1.29 is 27.1 Å². The van der Waals surface area contributed by atoms with Crippen LogP contribution in [0.1, 0.15) is 5.56 Å². The van der Waals surface area contributed by atoms with Gasteiger partial charge in [0.15, 0.2) is 4.91 Å². The van der Waals surface area contributed by atoms with E-state index >= 15 is 0 Å². The summed E-state index contributed by atoms with van der Waals surface area (Å²) in [5.74, 6) is -0.992. The van der Waals surface area contributed by atoms with Gasteiger partial charge >= 0.3 is 5.97 Å². The molecule has 4 rings (SSSR count). The van der Waals surface area contributed by atoms with E-state index in [1.54, 1.807) is 24.3 Å². The van der Waals surface area contributed by atoms with E-state index < -0.39 is 26.5 Å². The van der Waals surface area contributed by atoms with E-state index in [1.165, 1.54) is 4.90 Å². The minimum Gasteiger partial charge on any atom is -0.489 e. The Labute approximate surface area is 179 Å². The highest BCUT2D eigenvalue weighted by molar-refractivity contribution is 7.96. The minimum absolute atomic E-state index is 0.102. The molecule has 0 saturated carbocycles. The fourth-order valence-corrected chi connectivity index (χ4v) is 4.66. The summed E-state index contributed by atoms with van der Waals surface area (Å²) in [6.07, 6.45) is 1.14. The molecule has 1 aliphatic heterocycles. The van der Waals surface area contributed by atoms with Crippen molar-refractivity contribution in [1.82, 2.24) is 0 Å². The highest BCUT2D eigenvalue weighted by atomic mass is 32.2. The summed E-state index contributed by atoms with van der Waals surface area (Å²) in [7, 11) is -3.05. The van der Waals surface area contributed by atoms with Crippen molar-refractivity contribution in [3.8, 4) is 5.75 Å². The van der Waals surface area contributed by atoms with Crippen LogP contribution in [0.4, 0.5) is 15.8 Å². The average Bonchev–Trinajstić information content (AvgIpc) is 2.78. The van der Waals surface area contributed by atoms with E-state index in [-0.39, 0.29) is 10.6 Å². The molecule has 0 N–H and O–H groups in total. The van der Waals surface area contributed by atoms with Crippen molar-refractivity contribution in [3.05, 3.63) is 95.3 Å². The smallest absolute Gasteiger partial charge is 0.351 e.